The van der Waals surface area contributed by atoms with Crippen molar-refractivity contribution in [2.45, 2.75) is 39.3 Å². The van der Waals surface area contributed by atoms with E-state index >= 15 is 0 Å². The Morgan fingerprint density at radius 1 is 1.41 bits per heavy atom. The topological polar surface area (TPSA) is 56.5 Å². The van der Waals surface area contributed by atoms with E-state index in [0.717, 1.165) is 18.7 Å². The van der Waals surface area contributed by atoms with Crippen molar-refractivity contribution >= 4 is 0 Å². The van der Waals surface area contributed by atoms with Gasteiger partial charge in [-0.25, -0.2) is 0 Å². The van der Waals surface area contributed by atoms with E-state index in [1.54, 1.807) is 18.0 Å². The van der Waals surface area contributed by atoms with Crippen LogP contribution in [0.4, 0.5) is 0 Å². The molecule has 0 aromatic carbocycles. The SMILES string of the molecule is CCCOCCC(O)c1c(OC)cnn1CC. The lowest BCUT2D eigenvalue weighted by Gasteiger charge is -2.14. The molecule has 0 aliphatic heterocycles. The van der Waals surface area contributed by atoms with E-state index in [2.05, 4.69) is 12.0 Å². The summed E-state index contributed by atoms with van der Waals surface area (Å²) in [6, 6.07) is 0. The molecule has 0 saturated carbocycles. The lowest BCUT2D eigenvalue weighted by molar-refractivity contribution is 0.0770. The number of hydrogen-bond acceptors (Lipinski definition) is 4. The minimum atomic E-state index is -0.593. The fourth-order valence-electron chi connectivity index (χ4n) is 1.70. The molecule has 0 fully saturated rings. The quantitative estimate of drug-likeness (QED) is 0.706. The van der Waals surface area contributed by atoms with Crippen molar-refractivity contribution in [2.24, 2.45) is 0 Å². The number of aromatic nitrogens is 2. The zero-order chi connectivity index (χ0) is 12.7. The van der Waals surface area contributed by atoms with Gasteiger partial charge in [0.15, 0.2) is 5.75 Å². The minimum absolute atomic E-state index is 0.549. The summed E-state index contributed by atoms with van der Waals surface area (Å²) in [6.45, 7) is 6.04. The number of nitrogens with zero attached hydrogens (tertiary/aromatic N) is 2. The van der Waals surface area contributed by atoms with E-state index in [0.29, 0.717) is 25.3 Å². The molecular formula is C12H22N2O3. The van der Waals surface area contributed by atoms with Gasteiger partial charge in [-0.2, -0.15) is 5.10 Å². The Balaban J connectivity index is 2.60. The molecule has 1 unspecified atom stereocenters. The number of rotatable bonds is 8. The molecule has 1 heterocycles. The number of hydrogen-bond donors (Lipinski definition) is 1. The van der Waals surface area contributed by atoms with Crippen molar-refractivity contribution in [1.82, 2.24) is 9.78 Å². The van der Waals surface area contributed by atoms with Crippen molar-refractivity contribution in [2.75, 3.05) is 20.3 Å². The molecule has 1 atom stereocenters. The van der Waals surface area contributed by atoms with Crippen LogP contribution in [-0.2, 0) is 11.3 Å². The first-order valence-corrected chi connectivity index (χ1v) is 6.10. The van der Waals surface area contributed by atoms with Gasteiger partial charge < -0.3 is 14.6 Å². The summed E-state index contributed by atoms with van der Waals surface area (Å²) in [4.78, 5) is 0. The van der Waals surface area contributed by atoms with Gasteiger partial charge in [-0.15, -0.1) is 0 Å². The fourth-order valence-corrected chi connectivity index (χ4v) is 1.70. The van der Waals surface area contributed by atoms with Gasteiger partial charge in [-0.3, -0.25) is 4.68 Å². The number of aryl methyl sites for hydroxylation is 1. The first kappa shape index (κ1) is 14.0. The van der Waals surface area contributed by atoms with Crippen LogP contribution in [0.25, 0.3) is 0 Å². The van der Waals surface area contributed by atoms with Gasteiger partial charge in [0.05, 0.1) is 13.3 Å². The molecule has 1 N–H and O–H groups in total. The van der Waals surface area contributed by atoms with Gasteiger partial charge in [0.1, 0.15) is 11.8 Å². The number of methoxy groups -OCH3 is 1. The van der Waals surface area contributed by atoms with Gasteiger partial charge >= 0.3 is 0 Å². The third-order valence-electron chi connectivity index (χ3n) is 2.56. The van der Waals surface area contributed by atoms with E-state index in [9.17, 15) is 5.11 Å². The van der Waals surface area contributed by atoms with E-state index in [4.69, 9.17) is 9.47 Å². The highest BCUT2D eigenvalue weighted by Gasteiger charge is 2.18. The van der Waals surface area contributed by atoms with Crippen molar-refractivity contribution in [3.63, 3.8) is 0 Å². The number of aliphatic hydroxyl groups is 1. The summed E-state index contributed by atoms with van der Waals surface area (Å²) >= 11 is 0. The Kier molecular flexibility index (Phi) is 6.00. The van der Waals surface area contributed by atoms with Crippen molar-refractivity contribution < 1.29 is 14.6 Å². The summed E-state index contributed by atoms with van der Waals surface area (Å²) in [7, 11) is 1.58. The van der Waals surface area contributed by atoms with Gasteiger partial charge in [0, 0.05) is 26.2 Å². The normalized spacial score (nSPS) is 12.7. The van der Waals surface area contributed by atoms with E-state index in [1.807, 2.05) is 6.92 Å². The lowest BCUT2D eigenvalue weighted by Crippen LogP contribution is -2.11. The summed E-state index contributed by atoms with van der Waals surface area (Å²) in [5.41, 5.74) is 0.732. The Hall–Kier alpha value is -1.07. The summed E-state index contributed by atoms with van der Waals surface area (Å²) in [5.74, 6) is 0.634. The molecule has 1 aromatic heterocycles. The predicted molar refractivity (Wildman–Crippen MR) is 65.1 cm³/mol. The number of aliphatic hydroxyl groups excluding tert-OH is 1. The second kappa shape index (κ2) is 7.29. The summed E-state index contributed by atoms with van der Waals surface area (Å²) < 4.78 is 12.3. The maximum Gasteiger partial charge on any atom is 0.162 e. The van der Waals surface area contributed by atoms with Gasteiger partial charge in [0.25, 0.3) is 0 Å². The third-order valence-corrected chi connectivity index (χ3v) is 2.56. The van der Waals surface area contributed by atoms with Crippen LogP contribution in [0.3, 0.4) is 0 Å². The Morgan fingerprint density at radius 3 is 2.76 bits per heavy atom. The Labute approximate surface area is 102 Å². The van der Waals surface area contributed by atoms with Gasteiger partial charge in [-0.1, -0.05) is 6.92 Å². The average molecular weight is 242 g/mol. The second-order valence-corrected chi connectivity index (χ2v) is 3.83. The molecule has 0 bridgehead atoms. The van der Waals surface area contributed by atoms with Crippen LogP contribution in [-0.4, -0.2) is 35.2 Å². The molecular weight excluding hydrogens is 220 g/mol. The van der Waals surface area contributed by atoms with Crippen LogP contribution in [0, 0.1) is 0 Å². The Morgan fingerprint density at radius 2 is 2.18 bits per heavy atom. The van der Waals surface area contributed by atoms with E-state index in [-0.39, 0.29) is 0 Å². The van der Waals surface area contributed by atoms with Crippen molar-refractivity contribution in [3.8, 4) is 5.75 Å². The minimum Gasteiger partial charge on any atom is -0.493 e. The molecule has 0 saturated heterocycles. The van der Waals surface area contributed by atoms with Crippen LogP contribution < -0.4 is 4.74 Å². The fraction of sp³-hybridized carbons (Fsp3) is 0.750. The standard InChI is InChI=1S/C12H22N2O3/c1-4-7-17-8-6-10(15)12-11(16-3)9-13-14(12)5-2/h9-10,15H,4-8H2,1-3H3. The predicted octanol–water partition coefficient (Wildman–Crippen LogP) is 1.76. The Bertz CT molecular complexity index is 304. The molecule has 98 valence electrons. The third kappa shape index (κ3) is 3.71. The number of ether oxygens (including phenoxy) is 2. The molecule has 17 heavy (non-hydrogen) atoms. The molecule has 0 radical (unpaired) electrons. The highest BCUT2D eigenvalue weighted by atomic mass is 16.5. The van der Waals surface area contributed by atoms with Crippen LogP contribution in [0.15, 0.2) is 6.20 Å². The molecule has 1 aromatic rings. The highest BCUT2D eigenvalue weighted by Crippen LogP contribution is 2.26. The smallest absolute Gasteiger partial charge is 0.162 e. The van der Waals surface area contributed by atoms with Gasteiger partial charge in [0.2, 0.25) is 0 Å². The molecule has 0 aliphatic rings. The molecule has 5 nitrogen and oxygen atoms in total. The van der Waals surface area contributed by atoms with Gasteiger partial charge in [-0.05, 0) is 13.3 Å². The maximum atomic E-state index is 10.1. The zero-order valence-electron chi connectivity index (χ0n) is 10.8. The van der Waals surface area contributed by atoms with Crippen LogP contribution in [0.1, 0.15) is 38.5 Å². The second-order valence-electron chi connectivity index (χ2n) is 3.83. The zero-order valence-corrected chi connectivity index (χ0v) is 10.8. The van der Waals surface area contributed by atoms with Crippen LogP contribution in [0.5, 0.6) is 5.75 Å². The largest absolute Gasteiger partial charge is 0.493 e. The van der Waals surface area contributed by atoms with E-state index in [1.165, 1.54) is 0 Å². The molecule has 5 heteroatoms. The lowest BCUT2D eigenvalue weighted by atomic mass is 10.2. The highest BCUT2D eigenvalue weighted by molar-refractivity contribution is 5.27. The first-order chi connectivity index (χ1) is 8.24. The molecule has 0 aliphatic carbocycles. The van der Waals surface area contributed by atoms with Crippen LogP contribution >= 0.6 is 0 Å². The molecule has 0 amide bonds. The van der Waals surface area contributed by atoms with Crippen LogP contribution in [0.2, 0.25) is 0 Å². The maximum absolute atomic E-state index is 10.1. The first-order valence-electron chi connectivity index (χ1n) is 6.10. The van der Waals surface area contributed by atoms with E-state index < -0.39 is 6.10 Å². The summed E-state index contributed by atoms with van der Waals surface area (Å²) in [5, 5.41) is 14.3. The van der Waals surface area contributed by atoms with Crippen molar-refractivity contribution in [1.29, 1.82) is 0 Å². The molecule has 1 rings (SSSR count). The van der Waals surface area contributed by atoms with Crippen molar-refractivity contribution in [3.05, 3.63) is 11.9 Å². The average Bonchev–Trinajstić information content (AvgIpc) is 2.77. The molecule has 0 spiro atoms. The monoisotopic (exact) mass is 242 g/mol. The summed E-state index contributed by atoms with van der Waals surface area (Å²) in [6.07, 6.45) is 2.59.